The number of amides is 1. The molecule has 0 atom stereocenters. The Kier molecular flexibility index (Phi) is 4.37. The first kappa shape index (κ1) is 13.8. The Morgan fingerprint density at radius 3 is 2.89 bits per heavy atom. The molecule has 1 aliphatic rings. The van der Waals surface area contributed by atoms with E-state index in [1.54, 1.807) is 7.05 Å². The lowest BCUT2D eigenvalue weighted by atomic mass is 10.2. The van der Waals surface area contributed by atoms with Crippen LogP contribution in [0, 0.1) is 5.82 Å². The molecule has 0 saturated heterocycles. The lowest BCUT2D eigenvalue weighted by Gasteiger charge is -2.20. The second-order valence-electron chi connectivity index (χ2n) is 4.75. The molecular weight excluding hydrogens is 247 g/mol. The highest BCUT2D eigenvalue weighted by Gasteiger charge is 2.21. The summed E-state index contributed by atoms with van der Waals surface area (Å²) in [5.74, 6) is 0.0519. The molecule has 0 bridgehead atoms. The third-order valence-electron chi connectivity index (χ3n) is 3.23. The zero-order valence-electron chi connectivity index (χ0n) is 11.3. The van der Waals surface area contributed by atoms with Crippen LogP contribution < -0.4 is 15.0 Å². The van der Waals surface area contributed by atoms with Gasteiger partial charge in [0.1, 0.15) is 11.6 Å². The van der Waals surface area contributed by atoms with Gasteiger partial charge in [0.2, 0.25) is 5.91 Å². The Balaban J connectivity index is 1.98. The molecular formula is C14H19FN2O2. The van der Waals surface area contributed by atoms with Crippen molar-refractivity contribution in [3.05, 3.63) is 24.0 Å². The van der Waals surface area contributed by atoms with Crippen LogP contribution in [0.3, 0.4) is 0 Å². The average Bonchev–Trinajstić information content (AvgIpc) is 3.21. The maximum absolute atomic E-state index is 13.3. The molecule has 0 aliphatic heterocycles. The van der Waals surface area contributed by atoms with Gasteiger partial charge < -0.3 is 15.0 Å². The van der Waals surface area contributed by atoms with Crippen LogP contribution in [0.25, 0.3) is 0 Å². The predicted octanol–water partition coefficient (Wildman–Crippen LogP) is 1.94. The molecule has 1 saturated carbocycles. The van der Waals surface area contributed by atoms with Crippen LogP contribution in [0.5, 0.6) is 5.75 Å². The van der Waals surface area contributed by atoms with Gasteiger partial charge >= 0.3 is 0 Å². The van der Waals surface area contributed by atoms with E-state index in [2.05, 4.69) is 5.32 Å². The van der Waals surface area contributed by atoms with Crippen molar-refractivity contribution < 1.29 is 13.9 Å². The predicted molar refractivity (Wildman–Crippen MR) is 72.0 cm³/mol. The minimum Gasteiger partial charge on any atom is -0.495 e. The van der Waals surface area contributed by atoms with E-state index in [9.17, 15) is 9.18 Å². The summed E-state index contributed by atoms with van der Waals surface area (Å²) in [6.45, 7) is 0.658. The zero-order valence-corrected chi connectivity index (χ0v) is 11.3. The van der Waals surface area contributed by atoms with Crippen LogP contribution in [0.1, 0.15) is 19.3 Å². The number of carbonyl (C=O) groups is 1. The van der Waals surface area contributed by atoms with Gasteiger partial charge in [0.25, 0.3) is 0 Å². The molecule has 2 rings (SSSR count). The number of hydrogen-bond donors (Lipinski definition) is 1. The molecule has 0 radical (unpaired) electrons. The van der Waals surface area contributed by atoms with E-state index in [0.29, 0.717) is 30.4 Å². The lowest BCUT2D eigenvalue weighted by Crippen LogP contribution is -2.30. The van der Waals surface area contributed by atoms with Gasteiger partial charge in [-0.25, -0.2) is 4.39 Å². The summed E-state index contributed by atoms with van der Waals surface area (Å²) >= 11 is 0. The SMILES string of the molecule is COc1ccc(F)cc1N(C)C(=O)CCNC1CC1. The van der Waals surface area contributed by atoms with Crippen molar-refractivity contribution in [2.75, 3.05) is 25.6 Å². The summed E-state index contributed by atoms with van der Waals surface area (Å²) in [5, 5.41) is 3.28. The van der Waals surface area contributed by atoms with Crippen molar-refractivity contribution in [1.82, 2.24) is 5.32 Å². The molecule has 1 N–H and O–H groups in total. The first-order chi connectivity index (χ1) is 9.11. The quantitative estimate of drug-likeness (QED) is 0.855. The van der Waals surface area contributed by atoms with Gasteiger partial charge in [-0.15, -0.1) is 0 Å². The Morgan fingerprint density at radius 1 is 1.53 bits per heavy atom. The summed E-state index contributed by atoms with van der Waals surface area (Å²) in [6, 6.07) is 4.74. The molecule has 5 heteroatoms. The van der Waals surface area contributed by atoms with Crippen LogP contribution in [-0.2, 0) is 4.79 Å². The number of hydrogen-bond acceptors (Lipinski definition) is 3. The normalized spacial score (nSPS) is 14.3. The van der Waals surface area contributed by atoms with Gasteiger partial charge in [-0.1, -0.05) is 0 Å². The molecule has 4 nitrogen and oxygen atoms in total. The van der Waals surface area contributed by atoms with E-state index in [0.717, 1.165) is 0 Å². The first-order valence-electron chi connectivity index (χ1n) is 6.45. The standard InChI is InChI=1S/C14H19FN2O2/c1-17(14(18)7-8-16-11-4-5-11)12-9-10(15)3-6-13(12)19-2/h3,6,9,11,16H,4-5,7-8H2,1-2H3. The molecule has 1 amide bonds. The third kappa shape index (κ3) is 3.67. The second kappa shape index (κ2) is 6.02. The Labute approximate surface area is 112 Å². The van der Waals surface area contributed by atoms with E-state index in [1.165, 1.54) is 43.1 Å². The fourth-order valence-corrected chi connectivity index (χ4v) is 1.90. The number of benzene rings is 1. The highest BCUT2D eigenvalue weighted by molar-refractivity contribution is 5.94. The topological polar surface area (TPSA) is 41.6 Å². The van der Waals surface area contributed by atoms with E-state index >= 15 is 0 Å². The number of halogens is 1. The maximum Gasteiger partial charge on any atom is 0.228 e. The van der Waals surface area contributed by atoms with Crippen LogP contribution in [0.4, 0.5) is 10.1 Å². The van der Waals surface area contributed by atoms with E-state index in [1.807, 2.05) is 0 Å². The van der Waals surface area contributed by atoms with Crippen molar-refractivity contribution in [1.29, 1.82) is 0 Å². The summed E-state index contributed by atoms with van der Waals surface area (Å²) in [5.41, 5.74) is 0.457. The fraction of sp³-hybridized carbons (Fsp3) is 0.500. The smallest absolute Gasteiger partial charge is 0.228 e. The van der Waals surface area contributed by atoms with Gasteiger partial charge in [-0.2, -0.15) is 0 Å². The molecule has 1 aromatic carbocycles. The molecule has 1 fully saturated rings. The fourth-order valence-electron chi connectivity index (χ4n) is 1.90. The second-order valence-corrected chi connectivity index (χ2v) is 4.75. The monoisotopic (exact) mass is 266 g/mol. The van der Waals surface area contributed by atoms with Crippen molar-refractivity contribution in [3.63, 3.8) is 0 Å². The Hall–Kier alpha value is -1.62. The minimum absolute atomic E-state index is 0.0583. The van der Waals surface area contributed by atoms with Crippen molar-refractivity contribution in [2.24, 2.45) is 0 Å². The molecule has 1 aromatic rings. The van der Waals surface area contributed by atoms with Crippen molar-refractivity contribution in [2.45, 2.75) is 25.3 Å². The van der Waals surface area contributed by atoms with Gasteiger partial charge in [-0.05, 0) is 25.0 Å². The molecule has 0 heterocycles. The van der Waals surface area contributed by atoms with Crippen LogP contribution in [-0.4, -0.2) is 32.7 Å². The Morgan fingerprint density at radius 2 is 2.26 bits per heavy atom. The number of anilines is 1. The van der Waals surface area contributed by atoms with Gasteiger partial charge in [0, 0.05) is 32.1 Å². The zero-order chi connectivity index (χ0) is 13.8. The average molecular weight is 266 g/mol. The number of methoxy groups -OCH3 is 1. The maximum atomic E-state index is 13.3. The summed E-state index contributed by atoms with van der Waals surface area (Å²) in [6.07, 6.45) is 2.79. The molecule has 1 aliphatic carbocycles. The summed E-state index contributed by atoms with van der Waals surface area (Å²) in [7, 11) is 3.14. The van der Waals surface area contributed by atoms with Gasteiger partial charge in [-0.3, -0.25) is 4.79 Å². The van der Waals surface area contributed by atoms with Crippen molar-refractivity contribution >= 4 is 11.6 Å². The molecule has 19 heavy (non-hydrogen) atoms. The van der Waals surface area contributed by atoms with Crippen LogP contribution >= 0.6 is 0 Å². The number of nitrogens with one attached hydrogen (secondary N) is 1. The molecule has 0 unspecified atom stereocenters. The van der Waals surface area contributed by atoms with E-state index < -0.39 is 0 Å². The third-order valence-corrected chi connectivity index (χ3v) is 3.23. The van der Waals surface area contributed by atoms with E-state index in [4.69, 9.17) is 4.74 Å². The first-order valence-corrected chi connectivity index (χ1v) is 6.45. The lowest BCUT2D eigenvalue weighted by molar-refractivity contribution is -0.118. The Bertz CT molecular complexity index is 461. The minimum atomic E-state index is -0.383. The molecule has 0 spiro atoms. The number of carbonyl (C=O) groups excluding carboxylic acids is 1. The highest BCUT2D eigenvalue weighted by Crippen LogP contribution is 2.28. The molecule has 104 valence electrons. The van der Waals surface area contributed by atoms with Crippen LogP contribution in [0.15, 0.2) is 18.2 Å². The summed E-state index contributed by atoms with van der Waals surface area (Å²) < 4.78 is 18.4. The van der Waals surface area contributed by atoms with Gasteiger partial charge in [0.15, 0.2) is 0 Å². The number of nitrogens with zero attached hydrogens (tertiary/aromatic N) is 1. The highest BCUT2D eigenvalue weighted by atomic mass is 19.1. The van der Waals surface area contributed by atoms with E-state index in [-0.39, 0.29) is 11.7 Å². The van der Waals surface area contributed by atoms with Crippen LogP contribution in [0.2, 0.25) is 0 Å². The number of ether oxygens (including phenoxy) is 1. The summed E-state index contributed by atoms with van der Waals surface area (Å²) in [4.78, 5) is 13.5. The number of rotatable bonds is 6. The largest absolute Gasteiger partial charge is 0.495 e. The van der Waals surface area contributed by atoms with Gasteiger partial charge in [0.05, 0.1) is 12.8 Å². The molecule has 0 aromatic heterocycles. The van der Waals surface area contributed by atoms with Crippen molar-refractivity contribution in [3.8, 4) is 5.75 Å².